The van der Waals surface area contributed by atoms with Gasteiger partial charge in [0.2, 0.25) is 0 Å². The average molecular weight is 466 g/mol. The quantitative estimate of drug-likeness (QED) is 0.402. The molecule has 1 atom stereocenters. The van der Waals surface area contributed by atoms with Crippen molar-refractivity contribution in [2.24, 2.45) is 0 Å². The number of thioether (sulfide) groups is 1. The fraction of sp³-hybridized carbons (Fsp3) is 0.167. The van der Waals surface area contributed by atoms with Crippen molar-refractivity contribution in [2.75, 3.05) is 17.3 Å². The lowest BCUT2D eigenvalue weighted by atomic mass is 9.98. The minimum Gasteiger partial charge on any atom is -0.480 e. The standard InChI is InChI=1S/C24H23N3O3S2/c1-32-13-11-21(24(29)30)27-22(28)19-10-9-18(14-20(19)16-6-3-2-4-7-16)26-23(31)17-8-5-12-25-15-17/h2-10,12,14-15,21H,11,13H2,1H3,(H,26,31)(H,27,28)(H,29,30). The van der Waals surface area contributed by atoms with E-state index in [2.05, 4.69) is 15.6 Å². The second kappa shape index (κ2) is 11.4. The van der Waals surface area contributed by atoms with Crippen LogP contribution in [0.1, 0.15) is 22.3 Å². The summed E-state index contributed by atoms with van der Waals surface area (Å²) in [6, 6.07) is 17.5. The van der Waals surface area contributed by atoms with E-state index in [9.17, 15) is 14.7 Å². The Morgan fingerprint density at radius 2 is 1.91 bits per heavy atom. The van der Waals surface area contributed by atoms with Gasteiger partial charge in [-0.2, -0.15) is 11.8 Å². The van der Waals surface area contributed by atoms with Crippen molar-refractivity contribution in [3.63, 3.8) is 0 Å². The van der Waals surface area contributed by atoms with E-state index in [4.69, 9.17) is 12.2 Å². The zero-order valence-corrected chi connectivity index (χ0v) is 19.1. The van der Waals surface area contributed by atoms with E-state index in [0.717, 1.165) is 11.1 Å². The number of anilines is 1. The molecule has 8 heteroatoms. The molecule has 2 aromatic carbocycles. The number of benzene rings is 2. The summed E-state index contributed by atoms with van der Waals surface area (Å²) >= 11 is 7.01. The molecule has 1 unspecified atom stereocenters. The first-order valence-corrected chi connectivity index (χ1v) is 11.7. The van der Waals surface area contributed by atoms with Gasteiger partial charge in [0.1, 0.15) is 11.0 Å². The number of hydrogen-bond donors (Lipinski definition) is 3. The maximum absolute atomic E-state index is 13.0. The van der Waals surface area contributed by atoms with Gasteiger partial charge in [-0.3, -0.25) is 9.78 Å². The second-order valence-electron chi connectivity index (χ2n) is 6.97. The maximum Gasteiger partial charge on any atom is 0.326 e. The van der Waals surface area contributed by atoms with E-state index in [0.29, 0.717) is 34.0 Å². The van der Waals surface area contributed by atoms with Crippen molar-refractivity contribution >= 4 is 46.5 Å². The third-order valence-corrected chi connectivity index (χ3v) is 5.73. The van der Waals surface area contributed by atoms with Gasteiger partial charge in [-0.25, -0.2) is 4.79 Å². The van der Waals surface area contributed by atoms with Crippen LogP contribution in [0.15, 0.2) is 73.1 Å². The molecule has 0 saturated carbocycles. The molecule has 0 aliphatic rings. The Balaban J connectivity index is 1.91. The zero-order chi connectivity index (χ0) is 22.9. The fourth-order valence-corrected chi connectivity index (χ4v) is 3.82. The highest BCUT2D eigenvalue weighted by Gasteiger charge is 2.22. The van der Waals surface area contributed by atoms with Crippen molar-refractivity contribution in [1.29, 1.82) is 0 Å². The van der Waals surface area contributed by atoms with Crippen LogP contribution < -0.4 is 10.6 Å². The average Bonchev–Trinajstić information content (AvgIpc) is 2.82. The lowest BCUT2D eigenvalue weighted by Gasteiger charge is -2.17. The number of carbonyl (C=O) groups is 2. The van der Waals surface area contributed by atoms with Crippen LogP contribution in [-0.2, 0) is 4.79 Å². The first-order valence-electron chi connectivity index (χ1n) is 9.93. The van der Waals surface area contributed by atoms with E-state index in [1.54, 1.807) is 24.5 Å². The van der Waals surface area contributed by atoms with Crippen LogP contribution in [0.2, 0.25) is 0 Å². The largest absolute Gasteiger partial charge is 0.480 e. The number of pyridine rings is 1. The molecule has 1 heterocycles. The molecule has 6 nitrogen and oxygen atoms in total. The predicted octanol–water partition coefficient (Wildman–Crippen LogP) is 4.47. The third kappa shape index (κ3) is 6.15. The van der Waals surface area contributed by atoms with Crippen molar-refractivity contribution in [3.05, 3.63) is 84.2 Å². The van der Waals surface area contributed by atoms with Gasteiger partial charge in [0.25, 0.3) is 5.91 Å². The minimum atomic E-state index is -1.05. The molecule has 1 amide bonds. The summed E-state index contributed by atoms with van der Waals surface area (Å²) in [6.45, 7) is 0. The van der Waals surface area contributed by atoms with Crippen LogP contribution in [0.5, 0.6) is 0 Å². The first-order chi connectivity index (χ1) is 15.5. The first kappa shape index (κ1) is 23.4. The molecule has 3 rings (SSSR count). The summed E-state index contributed by atoms with van der Waals surface area (Å²) in [5, 5.41) is 15.3. The van der Waals surface area contributed by atoms with Gasteiger partial charge in [0, 0.05) is 29.2 Å². The highest BCUT2D eigenvalue weighted by atomic mass is 32.2. The minimum absolute atomic E-state index is 0.349. The van der Waals surface area contributed by atoms with Gasteiger partial charge in [0.15, 0.2) is 0 Å². The van der Waals surface area contributed by atoms with Crippen molar-refractivity contribution in [3.8, 4) is 11.1 Å². The number of carboxylic acid groups (broad SMARTS) is 1. The fourth-order valence-electron chi connectivity index (χ4n) is 3.11. The summed E-state index contributed by atoms with van der Waals surface area (Å²) < 4.78 is 0. The SMILES string of the molecule is CSCCC(NC(=O)c1ccc(NC(=S)c2cccnc2)cc1-c1ccccc1)C(=O)O. The summed E-state index contributed by atoms with van der Waals surface area (Å²) in [5.41, 5.74) is 3.40. The zero-order valence-electron chi connectivity index (χ0n) is 17.4. The summed E-state index contributed by atoms with van der Waals surface area (Å²) in [6.07, 6.45) is 5.60. The van der Waals surface area contributed by atoms with Crippen LogP contribution in [0, 0.1) is 0 Å². The number of nitrogens with zero attached hydrogens (tertiary/aromatic N) is 1. The number of aliphatic carboxylic acids is 1. The number of carbonyl (C=O) groups excluding carboxylic acids is 1. The van der Waals surface area contributed by atoms with E-state index in [1.807, 2.05) is 54.8 Å². The molecule has 0 radical (unpaired) electrons. The van der Waals surface area contributed by atoms with E-state index < -0.39 is 17.9 Å². The van der Waals surface area contributed by atoms with Crippen LogP contribution in [0.3, 0.4) is 0 Å². The third-order valence-electron chi connectivity index (χ3n) is 4.74. The highest BCUT2D eigenvalue weighted by Crippen LogP contribution is 2.28. The molecule has 0 aliphatic carbocycles. The van der Waals surface area contributed by atoms with Gasteiger partial charge in [0.05, 0.1) is 0 Å². The highest BCUT2D eigenvalue weighted by molar-refractivity contribution is 7.98. The molecule has 1 aromatic heterocycles. The van der Waals surface area contributed by atoms with E-state index >= 15 is 0 Å². The van der Waals surface area contributed by atoms with Crippen LogP contribution >= 0.6 is 24.0 Å². The summed E-state index contributed by atoms with van der Waals surface area (Å²) in [5.74, 6) is -0.843. The predicted molar refractivity (Wildman–Crippen MR) is 133 cm³/mol. The number of aromatic nitrogens is 1. The monoisotopic (exact) mass is 465 g/mol. The number of hydrogen-bond acceptors (Lipinski definition) is 5. The number of thiocarbonyl (C=S) groups is 1. The molecule has 0 fully saturated rings. The Hall–Kier alpha value is -3.23. The number of amides is 1. The topological polar surface area (TPSA) is 91.3 Å². The Labute approximate surface area is 196 Å². The Kier molecular flexibility index (Phi) is 8.35. The smallest absolute Gasteiger partial charge is 0.326 e. The molecule has 0 aliphatic heterocycles. The lowest BCUT2D eigenvalue weighted by Crippen LogP contribution is -2.41. The van der Waals surface area contributed by atoms with Gasteiger partial charge in [-0.1, -0.05) is 42.5 Å². The molecule has 0 bridgehead atoms. The summed E-state index contributed by atoms with van der Waals surface area (Å²) in [4.78, 5) is 29.2. The molecular formula is C24H23N3O3S2. The molecule has 3 N–H and O–H groups in total. The van der Waals surface area contributed by atoms with E-state index in [-0.39, 0.29) is 0 Å². The normalized spacial score (nSPS) is 11.4. The van der Waals surface area contributed by atoms with Gasteiger partial charge < -0.3 is 15.7 Å². The van der Waals surface area contributed by atoms with Gasteiger partial charge in [-0.15, -0.1) is 0 Å². The van der Waals surface area contributed by atoms with Crippen LogP contribution in [0.4, 0.5) is 5.69 Å². The Morgan fingerprint density at radius 1 is 1.12 bits per heavy atom. The number of carboxylic acids is 1. The Bertz CT molecular complexity index is 1090. The molecule has 0 spiro atoms. The summed E-state index contributed by atoms with van der Waals surface area (Å²) in [7, 11) is 0. The van der Waals surface area contributed by atoms with Crippen LogP contribution in [0.25, 0.3) is 11.1 Å². The number of rotatable bonds is 9. The lowest BCUT2D eigenvalue weighted by molar-refractivity contribution is -0.139. The van der Waals surface area contributed by atoms with Crippen LogP contribution in [-0.4, -0.2) is 45.0 Å². The Morgan fingerprint density at radius 3 is 2.56 bits per heavy atom. The van der Waals surface area contributed by atoms with Crippen molar-refractivity contribution < 1.29 is 14.7 Å². The van der Waals surface area contributed by atoms with Gasteiger partial charge >= 0.3 is 5.97 Å². The van der Waals surface area contributed by atoms with Crippen molar-refractivity contribution in [2.45, 2.75) is 12.5 Å². The molecule has 0 saturated heterocycles. The maximum atomic E-state index is 13.0. The van der Waals surface area contributed by atoms with Gasteiger partial charge in [-0.05, 0) is 59.9 Å². The molecule has 164 valence electrons. The second-order valence-corrected chi connectivity index (χ2v) is 8.36. The molecule has 3 aromatic rings. The molecular weight excluding hydrogens is 442 g/mol. The number of nitrogens with one attached hydrogen (secondary N) is 2. The molecule has 32 heavy (non-hydrogen) atoms. The van der Waals surface area contributed by atoms with Crippen molar-refractivity contribution in [1.82, 2.24) is 10.3 Å². The van der Waals surface area contributed by atoms with E-state index in [1.165, 1.54) is 11.8 Å².